The van der Waals surface area contributed by atoms with Crippen LogP contribution < -0.4 is 11.1 Å². The Balaban J connectivity index is 1.89. The number of aryl methyl sites for hydroxylation is 1. The van der Waals surface area contributed by atoms with Gasteiger partial charge < -0.3 is 11.1 Å². The van der Waals surface area contributed by atoms with Gasteiger partial charge >= 0.3 is 0 Å². The number of nitrogens with two attached hydrogens (primary N) is 1. The van der Waals surface area contributed by atoms with E-state index in [4.69, 9.17) is 5.73 Å². The number of rotatable bonds is 5. The standard InChI is InChI=1S/C19H16FN9/c1-3-13(25-18-12(9-21)17(22)23-10-24-18)19-26-14-5-4-11(20)8-15(14)29(19)16-6-7-28(2)27-16/h3-8,10,13H,1H2,2H3,(H3,22,23,24,25)/t13-/m0/s1. The summed E-state index contributed by atoms with van der Waals surface area (Å²) < 4.78 is 17.3. The van der Waals surface area contributed by atoms with Crippen molar-refractivity contribution in [2.45, 2.75) is 6.04 Å². The molecule has 4 rings (SSSR count). The van der Waals surface area contributed by atoms with Gasteiger partial charge in [0.15, 0.2) is 5.82 Å². The van der Waals surface area contributed by atoms with Gasteiger partial charge in [-0.15, -0.1) is 6.58 Å². The molecule has 9 nitrogen and oxygen atoms in total. The highest BCUT2D eigenvalue weighted by Gasteiger charge is 2.22. The van der Waals surface area contributed by atoms with Crippen LogP contribution in [0.2, 0.25) is 0 Å². The summed E-state index contributed by atoms with van der Waals surface area (Å²) in [5.74, 6) is 0.982. The molecule has 0 spiro atoms. The molecule has 0 saturated carbocycles. The molecule has 0 aliphatic heterocycles. The molecule has 10 heteroatoms. The van der Waals surface area contributed by atoms with E-state index < -0.39 is 6.04 Å². The second kappa shape index (κ2) is 7.05. The van der Waals surface area contributed by atoms with Gasteiger partial charge in [-0.3, -0.25) is 9.25 Å². The molecule has 144 valence electrons. The molecular weight excluding hydrogens is 373 g/mol. The SMILES string of the molecule is C=C[C@H](Nc1ncnc(N)c1C#N)c1nc2ccc(F)cc2n1-c1ccn(C)n1. The molecule has 0 aliphatic carbocycles. The maximum atomic E-state index is 14.0. The number of nitrogens with one attached hydrogen (secondary N) is 1. The summed E-state index contributed by atoms with van der Waals surface area (Å²) in [6, 6.07) is 7.54. The maximum absolute atomic E-state index is 14.0. The molecule has 0 amide bonds. The van der Waals surface area contributed by atoms with Gasteiger partial charge in [-0.2, -0.15) is 10.4 Å². The van der Waals surface area contributed by atoms with Crippen LogP contribution in [0.25, 0.3) is 16.9 Å². The first-order chi connectivity index (χ1) is 14.0. The van der Waals surface area contributed by atoms with E-state index in [0.717, 1.165) is 0 Å². The van der Waals surface area contributed by atoms with Crippen molar-refractivity contribution in [2.75, 3.05) is 11.1 Å². The van der Waals surface area contributed by atoms with Crippen molar-refractivity contribution >= 4 is 22.7 Å². The quantitative estimate of drug-likeness (QED) is 0.503. The Bertz CT molecular complexity index is 1260. The summed E-state index contributed by atoms with van der Waals surface area (Å²) >= 11 is 0. The molecular formula is C19H16FN9. The van der Waals surface area contributed by atoms with Gasteiger partial charge in [0.05, 0.1) is 11.0 Å². The van der Waals surface area contributed by atoms with Crippen LogP contribution in [0, 0.1) is 17.1 Å². The van der Waals surface area contributed by atoms with E-state index in [2.05, 4.69) is 31.9 Å². The second-order valence-electron chi connectivity index (χ2n) is 6.24. The largest absolute Gasteiger partial charge is 0.382 e. The van der Waals surface area contributed by atoms with Crippen LogP contribution in [-0.2, 0) is 7.05 Å². The van der Waals surface area contributed by atoms with E-state index in [9.17, 15) is 9.65 Å². The number of imidazole rings is 1. The van der Waals surface area contributed by atoms with Crippen LogP contribution in [0.5, 0.6) is 0 Å². The Morgan fingerprint density at radius 1 is 1.34 bits per heavy atom. The van der Waals surface area contributed by atoms with Crippen molar-refractivity contribution in [1.82, 2.24) is 29.3 Å². The van der Waals surface area contributed by atoms with E-state index in [1.165, 1.54) is 18.5 Å². The van der Waals surface area contributed by atoms with Crippen molar-refractivity contribution in [3.8, 4) is 11.9 Å². The van der Waals surface area contributed by atoms with Gasteiger partial charge in [0.2, 0.25) is 0 Å². The fraction of sp³-hybridized carbons (Fsp3) is 0.105. The average Bonchev–Trinajstić information content (AvgIpc) is 3.29. The monoisotopic (exact) mass is 389 g/mol. The highest BCUT2D eigenvalue weighted by Crippen LogP contribution is 2.29. The zero-order valence-electron chi connectivity index (χ0n) is 15.4. The second-order valence-corrected chi connectivity index (χ2v) is 6.24. The molecule has 3 aromatic heterocycles. The third kappa shape index (κ3) is 3.14. The number of anilines is 2. The van der Waals surface area contributed by atoms with Gasteiger partial charge in [-0.1, -0.05) is 6.08 Å². The fourth-order valence-corrected chi connectivity index (χ4v) is 3.03. The lowest BCUT2D eigenvalue weighted by Crippen LogP contribution is -2.16. The number of fused-ring (bicyclic) bond motifs is 1. The predicted octanol–water partition coefficient (Wildman–Crippen LogP) is 2.48. The van der Waals surface area contributed by atoms with Crippen LogP contribution in [0.15, 0.2) is 49.4 Å². The molecule has 4 aromatic rings. The number of hydrogen-bond donors (Lipinski definition) is 2. The number of nitrogen functional groups attached to an aromatic ring is 1. The number of nitrogens with zero attached hydrogens (tertiary/aromatic N) is 7. The molecule has 3 heterocycles. The Morgan fingerprint density at radius 2 is 2.17 bits per heavy atom. The first-order valence-electron chi connectivity index (χ1n) is 8.59. The van der Waals surface area contributed by atoms with Gasteiger partial charge in [0.1, 0.15) is 47.3 Å². The van der Waals surface area contributed by atoms with Gasteiger partial charge in [0, 0.05) is 25.4 Å². The lowest BCUT2D eigenvalue weighted by atomic mass is 10.2. The van der Waals surface area contributed by atoms with Crippen molar-refractivity contribution in [2.24, 2.45) is 7.05 Å². The number of nitriles is 1. The van der Waals surface area contributed by atoms with E-state index in [-0.39, 0.29) is 23.0 Å². The van der Waals surface area contributed by atoms with Gasteiger partial charge in [-0.05, 0) is 12.1 Å². The topological polar surface area (TPSA) is 123 Å². The zero-order valence-corrected chi connectivity index (χ0v) is 15.4. The number of benzene rings is 1. The minimum atomic E-state index is -0.575. The van der Waals surface area contributed by atoms with E-state index in [1.807, 2.05) is 6.07 Å². The maximum Gasteiger partial charge on any atom is 0.160 e. The van der Waals surface area contributed by atoms with Gasteiger partial charge in [0.25, 0.3) is 0 Å². The lowest BCUT2D eigenvalue weighted by molar-refractivity contribution is 0.629. The third-order valence-electron chi connectivity index (χ3n) is 4.37. The Kier molecular flexibility index (Phi) is 4.40. The summed E-state index contributed by atoms with van der Waals surface area (Å²) in [6.07, 6.45) is 4.64. The summed E-state index contributed by atoms with van der Waals surface area (Å²) in [5.41, 5.74) is 7.03. The predicted molar refractivity (Wildman–Crippen MR) is 106 cm³/mol. The van der Waals surface area contributed by atoms with Crippen LogP contribution in [0.3, 0.4) is 0 Å². The summed E-state index contributed by atoms with van der Waals surface area (Å²) in [7, 11) is 1.79. The molecule has 29 heavy (non-hydrogen) atoms. The Morgan fingerprint density at radius 3 is 2.86 bits per heavy atom. The normalized spacial score (nSPS) is 11.9. The fourth-order valence-electron chi connectivity index (χ4n) is 3.03. The van der Waals surface area contributed by atoms with E-state index >= 15 is 0 Å². The lowest BCUT2D eigenvalue weighted by Gasteiger charge is -2.17. The Labute approximate surface area is 164 Å². The first kappa shape index (κ1) is 18.1. The highest BCUT2D eigenvalue weighted by atomic mass is 19.1. The van der Waals surface area contributed by atoms with Crippen molar-refractivity contribution in [3.63, 3.8) is 0 Å². The van der Waals surface area contributed by atoms with Crippen LogP contribution in [0.4, 0.5) is 16.0 Å². The van der Waals surface area contributed by atoms with E-state index in [1.54, 1.807) is 40.7 Å². The molecule has 0 radical (unpaired) electrons. The smallest absolute Gasteiger partial charge is 0.160 e. The minimum absolute atomic E-state index is 0.0631. The van der Waals surface area contributed by atoms with E-state index in [0.29, 0.717) is 22.7 Å². The van der Waals surface area contributed by atoms with Gasteiger partial charge in [-0.25, -0.2) is 19.3 Å². The summed E-state index contributed by atoms with van der Waals surface area (Å²) in [5, 5.41) is 16.9. The molecule has 0 saturated heterocycles. The van der Waals surface area contributed by atoms with Crippen LogP contribution >= 0.6 is 0 Å². The minimum Gasteiger partial charge on any atom is -0.382 e. The third-order valence-corrected chi connectivity index (χ3v) is 4.37. The zero-order chi connectivity index (χ0) is 20.5. The Hall–Kier alpha value is -4.26. The molecule has 0 aliphatic rings. The number of halogens is 1. The summed E-state index contributed by atoms with van der Waals surface area (Å²) in [4.78, 5) is 12.6. The molecule has 0 fully saturated rings. The molecule has 1 aromatic carbocycles. The number of aromatic nitrogens is 6. The van der Waals surface area contributed by atoms with Crippen LogP contribution in [0.1, 0.15) is 17.4 Å². The molecule has 3 N–H and O–H groups in total. The van der Waals surface area contributed by atoms with Crippen molar-refractivity contribution < 1.29 is 4.39 Å². The highest BCUT2D eigenvalue weighted by molar-refractivity contribution is 5.78. The summed E-state index contributed by atoms with van der Waals surface area (Å²) in [6.45, 7) is 3.87. The number of hydrogen-bond acceptors (Lipinski definition) is 7. The first-order valence-corrected chi connectivity index (χ1v) is 8.59. The van der Waals surface area contributed by atoms with Crippen molar-refractivity contribution in [3.05, 3.63) is 66.6 Å². The van der Waals surface area contributed by atoms with Crippen LogP contribution in [-0.4, -0.2) is 29.3 Å². The molecule has 0 unspecified atom stereocenters. The molecule has 0 bridgehead atoms. The van der Waals surface area contributed by atoms with Crippen molar-refractivity contribution in [1.29, 1.82) is 5.26 Å². The molecule has 1 atom stereocenters. The average molecular weight is 389 g/mol.